The second-order valence-corrected chi connectivity index (χ2v) is 14.0. The van der Waals surface area contributed by atoms with E-state index < -0.39 is 22.9 Å². The fourth-order valence-electron chi connectivity index (χ4n) is 6.32. The van der Waals surface area contributed by atoms with E-state index in [9.17, 15) is 24.0 Å². The van der Waals surface area contributed by atoms with Gasteiger partial charge >= 0.3 is 0 Å². The monoisotopic (exact) mass is 684 g/mol. The van der Waals surface area contributed by atoms with E-state index in [0.29, 0.717) is 24.0 Å². The molecule has 0 radical (unpaired) electrons. The molecular weight excluding hydrogens is 644 g/mol. The van der Waals surface area contributed by atoms with Crippen molar-refractivity contribution in [3.63, 3.8) is 0 Å². The predicted octanol–water partition coefficient (Wildman–Crippen LogP) is 5.84. The summed E-state index contributed by atoms with van der Waals surface area (Å²) in [5.74, 6) is -1.18. The Bertz CT molecular complexity index is 2480. The molecule has 0 spiro atoms. The first-order chi connectivity index (χ1) is 24.2. The van der Waals surface area contributed by atoms with E-state index in [1.54, 1.807) is 54.6 Å². The number of benzene rings is 4. The van der Waals surface area contributed by atoms with Crippen LogP contribution in [0.5, 0.6) is 0 Å². The van der Waals surface area contributed by atoms with Crippen molar-refractivity contribution >= 4 is 33.6 Å². The highest BCUT2D eigenvalue weighted by Crippen LogP contribution is 2.26. The number of fused-ring (bicyclic) bond motifs is 2. The predicted molar refractivity (Wildman–Crippen MR) is 199 cm³/mol. The molecule has 1 unspecified atom stereocenters. The highest BCUT2D eigenvalue weighted by molar-refractivity contribution is 5.93. The standard InChI is InChI=1S/C41H40N4O6/c1-25(46)44-39(49)31-12-7-8-13-32(31)40(50)45(44)30-11-9-10-26(21-30)20-27-14-19-33-35(47)23-37(51-36(33)22-27)38(48)42-24-34(43(5)6)28-15-17-29(18-16-28)41(2,3)4/h7-19,21-23,34H,20,24H2,1-6H3,(H,42,48). The Morgan fingerprint density at radius 1 is 0.784 bits per heavy atom. The molecule has 4 aromatic carbocycles. The Kier molecular flexibility index (Phi) is 9.46. The fourth-order valence-corrected chi connectivity index (χ4v) is 6.32. The van der Waals surface area contributed by atoms with E-state index in [1.165, 1.54) is 24.6 Å². The van der Waals surface area contributed by atoms with E-state index in [0.717, 1.165) is 26.1 Å². The Morgan fingerprint density at radius 2 is 1.45 bits per heavy atom. The van der Waals surface area contributed by atoms with E-state index in [-0.39, 0.29) is 39.0 Å². The molecule has 0 bridgehead atoms. The first kappa shape index (κ1) is 35.0. The molecule has 6 aromatic rings. The first-order valence-electron chi connectivity index (χ1n) is 16.7. The average Bonchev–Trinajstić information content (AvgIpc) is 3.09. The molecule has 51 heavy (non-hydrogen) atoms. The molecule has 6 rings (SSSR count). The summed E-state index contributed by atoms with van der Waals surface area (Å²) < 4.78 is 7.94. The van der Waals surface area contributed by atoms with Gasteiger partial charge in [0.25, 0.3) is 17.0 Å². The maximum absolute atomic E-state index is 13.5. The van der Waals surface area contributed by atoms with Crippen LogP contribution in [0.25, 0.3) is 27.4 Å². The van der Waals surface area contributed by atoms with Crippen LogP contribution in [0.4, 0.5) is 0 Å². The van der Waals surface area contributed by atoms with Crippen molar-refractivity contribution in [2.24, 2.45) is 0 Å². The zero-order chi connectivity index (χ0) is 36.6. The number of carbonyl (C=O) groups excluding carboxylic acids is 2. The third-order valence-corrected chi connectivity index (χ3v) is 9.09. The van der Waals surface area contributed by atoms with Gasteiger partial charge in [-0.1, -0.05) is 75.4 Å². The molecule has 1 atom stereocenters. The molecule has 0 saturated carbocycles. The van der Waals surface area contributed by atoms with Gasteiger partial charge in [-0.05, 0) is 84.6 Å². The normalized spacial score (nSPS) is 12.4. The average molecular weight is 685 g/mol. The molecule has 0 aliphatic heterocycles. The number of hydrogen-bond donors (Lipinski definition) is 1. The molecule has 0 fully saturated rings. The lowest BCUT2D eigenvalue weighted by atomic mass is 9.86. The van der Waals surface area contributed by atoms with Crippen molar-refractivity contribution < 1.29 is 14.0 Å². The van der Waals surface area contributed by atoms with Crippen LogP contribution in [0, 0.1) is 0 Å². The van der Waals surface area contributed by atoms with Crippen LogP contribution in [0.3, 0.4) is 0 Å². The van der Waals surface area contributed by atoms with Gasteiger partial charge in [-0.15, -0.1) is 0 Å². The molecule has 10 heteroatoms. The van der Waals surface area contributed by atoms with Crippen LogP contribution in [0.15, 0.2) is 116 Å². The highest BCUT2D eigenvalue weighted by Gasteiger charge is 2.21. The van der Waals surface area contributed by atoms with Crippen molar-refractivity contribution in [2.75, 3.05) is 20.6 Å². The molecule has 0 aliphatic rings. The summed E-state index contributed by atoms with van der Waals surface area (Å²) >= 11 is 0. The molecule has 10 nitrogen and oxygen atoms in total. The number of rotatable bonds is 8. The maximum Gasteiger partial charge on any atom is 0.287 e. The van der Waals surface area contributed by atoms with Crippen molar-refractivity contribution in [2.45, 2.75) is 45.6 Å². The van der Waals surface area contributed by atoms with E-state index >= 15 is 0 Å². The molecule has 1 amide bonds. The van der Waals surface area contributed by atoms with Gasteiger partial charge in [-0.3, -0.25) is 24.0 Å². The van der Waals surface area contributed by atoms with Gasteiger partial charge in [-0.2, -0.15) is 4.68 Å². The van der Waals surface area contributed by atoms with Crippen LogP contribution in [0.2, 0.25) is 0 Å². The number of carbonyl (C=O) groups is 2. The Hall–Kier alpha value is -5.87. The number of hydrogen-bond acceptors (Lipinski definition) is 7. The molecule has 0 aliphatic carbocycles. The van der Waals surface area contributed by atoms with Gasteiger partial charge in [0.1, 0.15) is 5.58 Å². The molecule has 0 saturated heterocycles. The third kappa shape index (κ3) is 7.09. The van der Waals surface area contributed by atoms with Crippen LogP contribution >= 0.6 is 0 Å². The minimum absolute atomic E-state index is 0.0266. The number of amides is 1. The summed E-state index contributed by atoms with van der Waals surface area (Å²) in [7, 11) is 3.90. The molecule has 1 N–H and O–H groups in total. The summed E-state index contributed by atoms with van der Waals surface area (Å²) in [6.45, 7) is 8.03. The van der Waals surface area contributed by atoms with Crippen molar-refractivity contribution in [3.8, 4) is 5.69 Å². The Morgan fingerprint density at radius 3 is 2.10 bits per heavy atom. The molecular formula is C41H40N4O6. The summed E-state index contributed by atoms with van der Waals surface area (Å²) in [6, 6.07) is 28.0. The largest absolute Gasteiger partial charge is 0.451 e. The van der Waals surface area contributed by atoms with Gasteiger partial charge in [0, 0.05) is 19.5 Å². The number of likely N-dealkylation sites (N-methyl/N-ethyl adjacent to an activating group) is 1. The van der Waals surface area contributed by atoms with E-state index in [1.807, 2.05) is 25.1 Å². The summed E-state index contributed by atoms with van der Waals surface area (Å²) in [5, 5.41) is 3.65. The quantitative estimate of drug-likeness (QED) is 0.214. The number of nitrogens with one attached hydrogen (secondary N) is 1. The number of nitrogens with zero attached hydrogens (tertiary/aromatic N) is 3. The molecule has 260 valence electrons. The Labute approximate surface area is 294 Å². The van der Waals surface area contributed by atoms with Gasteiger partial charge in [0.2, 0.25) is 5.91 Å². The van der Waals surface area contributed by atoms with Crippen LogP contribution in [-0.2, 0) is 11.8 Å². The van der Waals surface area contributed by atoms with Gasteiger partial charge in [0.15, 0.2) is 11.2 Å². The smallest absolute Gasteiger partial charge is 0.287 e. The highest BCUT2D eigenvalue weighted by atomic mass is 16.3. The lowest BCUT2D eigenvalue weighted by molar-refractivity contribution is 0.0900. The van der Waals surface area contributed by atoms with Crippen molar-refractivity contribution in [1.82, 2.24) is 19.6 Å². The van der Waals surface area contributed by atoms with Crippen LogP contribution in [-0.4, -0.2) is 46.7 Å². The van der Waals surface area contributed by atoms with Gasteiger partial charge in [0.05, 0.1) is 27.9 Å². The van der Waals surface area contributed by atoms with Gasteiger partial charge in [-0.25, -0.2) is 4.68 Å². The topological polar surface area (TPSA) is 124 Å². The lowest BCUT2D eigenvalue weighted by Gasteiger charge is -2.26. The summed E-state index contributed by atoms with van der Waals surface area (Å²) in [4.78, 5) is 67.8. The van der Waals surface area contributed by atoms with Crippen molar-refractivity contribution in [3.05, 3.63) is 156 Å². The zero-order valence-corrected chi connectivity index (χ0v) is 29.5. The minimum Gasteiger partial charge on any atom is -0.451 e. The zero-order valence-electron chi connectivity index (χ0n) is 29.5. The second kappa shape index (κ2) is 13.8. The second-order valence-electron chi connectivity index (χ2n) is 14.0. The van der Waals surface area contributed by atoms with Crippen LogP contribution in [0.1, 0.15) is 71.3 Å². The van der Waals surface area contributed by atoms with E-state index in [4.69, 9.17) is 4.42 Å². The fraction of sp³-hybridized carbons (Fsp3) is 0.244. The molecule has 2 aromatic heterocycles. The van der Waals surface area contributed by atoms with Gasteiger partial charge < -0.3 is 14.6 Å². The maximum atomic E-state index is 13.5. The minimum atomic E-state index is -0.593. The molecule has 2 heterocycles. The Balaban J connectivity index is 1.26. The summed E-state index contributed by atoms with van der Waals surface area (Å²) in [5.41, 5.74) is 3.05. The third-order valence-electron chi connectivity index (χ3n) is 9.09. The first-order valence-corrected chi connectivity index (χ1v) is 16.7. The van der Waals surface area contributed by atoms with Crippen LogP contribution < -0.4 is 21.9 Å². The summed E-state index contributed by atoms with van der Waals surface area (Å²) in [6.07, 6.45) is 0.370. The SMILES string of the molecule is CC(=O)n1c(=O)c2ccccc2c(=O)n1-c1cccc(Cc2ccc3c(=O)cc(C(=O)NCC(c4ccc(C(C)(C)C)cc4)N(C)C)oc3c2)c1. The van der Waals surface area contributed by atoms with Crippen molar-refractivity contribution in [1.29, 1.82) is 0 Å². The number of aromatic nitrogens is 2. The lowest BCUT2D eigenvalue weighted by Crippen LogP contribution is -2.40. The van der Waals surface area contributed by atoms with E-state index in [2.05, 4.69) is 50.4 Å².